The number of nitrogens with one attached hydrogen (secondary N) is 1. The van der Waals surface area contributed by atoms with Crippen molar-refractivity contribution in [3.8, 4) is 11.5 Å². The third kappa shape index (κ3) is 5.34. The van der Waals surface area contributed by atoms with E-state index in [2.05, 4.69) is 9.39 Å². The predicted molar refractivity (Wildman–Crippen MR) is 96.9 cm³/mol. The summed E-state index contributed by atoms with van der Waals surface area (Å²) in [5, 5.41) is 17.7. The molecule has 2 rings (SSSR count). The maximum Gasteiger partial charge on any atom is 0.707 e. The summed E-state index contributed by atoms with van der Waals surface area (Å²) in [5.74, 6) is -4.19. The number of anilines is 1. The molecule has 2 aromatic carbocycles. The molecule has 0 amide bonds. The van der Waals surface area contributed by atoms with Gasteiger partial charge < -0.3 is 24.2 Å². The number of carbonyl (C=O) groups excluding carboxylic acids is 1. The average Bonchev–Trinajstić information content (AvgIpc) is 2.60. The van der Waals surface area contributed by atoms with Gasteiger partial charge in [-0.3, -0.25) is 4.72 Å². The lowest BCUT2D eigenvalue weighted by Gasteiger charge is -2.15. The van der Waals surface area contributed by atoms with E-state index in [0.717, 1.165) is 25.3 Å². The van der Waals surface area contributed by atoms with Crippen molar-refractivity contribution in [2.75, 3.05) is 18.4 Å². The average molecular weight is 431 g/mol. The largest absolute Gasteiger partial charge is 0.707 e. The van der Waals surface area contributed by atoms with Crippen molar-refractivity contribution < 1.29 is 46.2 Å². The van der Waals surface area contributed by atoms with Gasteiger partial charge in [0.15, 0.2) is 0 Å². The molecule has 0 saturated heterocycles. The number of carbonyl (C=O) groups is 1. The van der Waals surface area contributed by atoms with E-state index < -0.39 is 51.1 Å². The summed E-state index contributed by atoms with van der Waals surface area (Å²) < 4.78 is 69.5. The van der Waals surface area contributed by atoms with Crippen molar-refractivity contribution >= 4 is 29.0 Å². The quantitative estimate of drug-likeness (QED) is 0.421. The Balaban J connectivity index is 2.42. The summed E-state index contributed by atoms with van der Waals surface area (Å²) in [6, 6.07) is 4.50. The third-order valence-corrected chi connectivity index (χ3v) is 4.85. The van der Waals surface area contributed by atoms with Crippen molar-refractivity contribution in [2.45, 2.75) is 11.8 Å². The van der Waals surface area contributed by atoms with E-state index in [9.17, 15) is 22.0 Å². The lowest BCUT2D eigenvalue weighted by Crippen LogP contribution is -2.21. The van der Waals surface area contributed by atoms with Crippen LogP contribution in [0, 0.1) is 11.6 Å². The summed E-state index contributed by atoms with van der Waals surface area (Å²) >= 11 is 0. The van der Waals surface area contributed by atoms with E-state index in [-0.39, 0.29) is 18.1 Å². The molecule has 0 unspecified atom stereocenters. The molecule has 0 aliphatic rings. The highest BCUT2D eigenvalue weighted by molar-refractivity contribution is 7.92. The monoisotopic (exact) mass is 431 g/mol. The van der Waals surface area contributed by atoms with Crippen LogP contribution in [0.4, 0.5) is 14.5 Å². The zero-order valence-corrected chi connectivity index (χ0v) is 16.0. The predicted octanol–water partition coefficient (Wildman–Crippen LogP) is 1.30. The third-order valence-electron chi connectivity index (χ3n) is 3.43. The minimum atomic E-state index is -4.39. The molecule has 3 N–H and O–H groups in total. The Morgan fingerprint density at radius 1 is 1.17 bits per heavy atom. The number of benzene rings is 2. The van der Waals surface area contributed by atoms with E-state index >= 15 is 0 Å². The summed E-state index contributed by atoms with van der Waals surface area (Å²) in [4.78, 5) is 11.0. The van der Waals surface area contributed by atoms with Gasteiger partial charge in [0.2, 0.25) is 0 Å². The van der Waals surface area contributed by atoms with E-state index in [1.807, 2.05) is 4.72 Å². The maximum absolute atomic E-state index is 14.0. The molecule has 13 heteroatoms. The van der Waals surface area contributed by atoms with Gasteiger partial charge in [0.05, 0.1) is 19.4 Å². The highest BCUT2D eigenvalue weighted by Crippen LogP contribution is 2.31. The highest BCUT2D eigenvalue weighted by atomic mass is 32.2. The second-order valence-corrected chi connectivity index (χ2v) is 7.05. The number of halogens is 2. The molecule has 0 aromatic heterocycles. The molecule has 29 heavy (non-hydrogen) atoms. The second-order valence-electron chi connectivity index (χ2n) is 5.40. The topological polar surface area (TPSA) is 131 Å². The van der Waals surface area contributed by atoms with Crippen molar-refractivity contribution in [3.63, 3.8) is 0 Å². The molecule has 0 bridgehead atoms. The van der Waals surface area contributed by atoms with E-state index in [1.54, 1.807) is 6.92 Å². The lowest BCUT2D eigenvalue weighted by atomic mass is 10.2. The van der Waals surface area contributed by atoms with Crippen LogP contribution in [0.15, 0.2) is 35.2 Å². The normalized spacial score (nSPS) is 11.0. The zero-order chi connectivity index (χ0) is 21.8. The number of hydrogen-bond acceptors (Lipinski definition) is 8. The number of esters is 1. The maximum atomic E-state index is 14.0. The Kier molecular flexibility index (Phi) is 7.00. The molecule has 0 spiro atoms. The Hall–Kier alpha value is -2.90. The van der Waals surface area contributed by atoms with E-state index in [0.29, 0.717) is 12.1 Å². The van der Waals surface area contributed by atoms with Crippen LogP contribution < -0.4 is 14.1 Å². The number of methoxy groups -OCH3 is 1. The van der Waals surface area contributed by atoms with Crippen molar-refractivity contribution in [1.29, 1.82) is 0 Å². The molecule has 0 aliphatic carbocycles. The summed E-state index contributed by atoms with van der Waals surface area (Å²) in [6.07, 6.45) is 0. The van der Waals surface area contributed by atoms with Gasteiger partial charge in [-0.1, -0.05) is 0 Å². The van der Waals surface area contributed by atoms with Gasteiger partial charge in [-0.25, -0.2) is 22.0 Å². The minimum absolute atomic E-state index is 0.0603. The van der Waals surface area contributed by atoms with Crippen LogP contribution in [0.25, 0.3) is 0 Å². The molecule has 2 aromatic rings. The van der Waals surface area contributed by atoms with Crippen molar-refractivity contribution in [3.05, 3.63) is 47.5 Å². The Labute approximate surface area is 165 Å². The Bertz CT molecular complexity index is 993. The van der Waals surface area contributed by atoms with Crippen LogP contribution in [0.5, 0.6) is 11.5 Å². The van der Waals surface area contributed by atoms with Crippen molar-refractivity contribution in [2.24, 2.45) is 0 Å². The molecular weight excluding hydrogens is 415 g/mol. The van der Waals surface area contributed by atoms with Crippen LogP contribution in [-0.4, -0.2) is 45.5 Å². The molecular formula is C16H16BF2NO8S. The summed E-state index contributed by atoms with van der Waals surface area (Å²) in [6.45, 7) is 1.64. The number of hydrogen-bond donors (Lipinski definition) is 3. The van der Waals surface area contributed by atoms with Crippen LogP contribution in [0.3, 0.4) is 0 Å². The van der Waals surface area contributed by atoms with E-state index in [1.165, 1.54) is 0 Å². The lowest BCUT2D eigenvalue weighted by molar-refractivity contribution is 0.0590. The SMILES string of the molecule is CCOc1cc(OB(O)O)ccc1S(=O)(=O)Nc1cc(F)c(C(=O)OC)c(F)c1. The fraction of sp³-hybridized carbons (Fsp3) is 0.188. The van der Waals surface area contributed by atoms with Gasteiger partial charge in [0, 0.05) is 6.07 Å². The van der Waals surface area contributed by atoms with Crippen LogP contribution in [0.1, 0.15) is 17.3 Å². The first-order valence-electron chi connectivity index (χ1n) is 7.98. The Morgan fingerprint density at radius 3 is 2.31 bits per heavy atom. The summed E-state index contributed by atoms with van der Waals surface area (Å²) in [5.41, 5.74) is -1.45. The van der Waals surface area contributed by atoms with Crippen molar-refractivity contribution in [1.82, 2.24) is 0 Å². The standard InChI is InChI=1S/C16H16BF2NO8S/c1-3-27-13-8-10(28-17(22)23)4-5-14(13)29(24,25)20-9-6-11(18)15(12(19)7-9)16(21)26-2/h4-8,20,22-23H,3H2,1-2H3. The first-order chi connectivity index (χ1) is 13.6. The van der Waals surface area contributed by atoms with Gasteiger partial charge in [0.25, 0.3) is 10.0 Å². The molecule has 0 radical (unpaired) electrons. The number of sulfonamides is 1. The zero-order valence-electron chi connectivity index (χ0n) is 15.2. The van der Waals surface area contributed by atoms with E-state index in [4.69, 9.17) is 14.8 Å². The van der Waals surface area contributed by atoms with Gasteiger partial charge in [0.1, 0.15) is 33.6 Å². The fourth-order valence-corrected chi connectivity index (χ4v) is 3.48. The molecule has 156 valence electrons. The molecule has 0 heterocycles. The summed E-state index contributed by atoms with van der Waals surface area (Å²) in [7, 11) is -5.58. The van der Waals surface area contributed by atoms with Gasteiger partial charge in [-0.05, 0) is 31.2 Å². The molecule has 9 nitrogen and oxygen atoms in total. The fourth-order valence-electron chi connectivity index (χ4n) is 2.31. The van der Waals surface area contributed by atoms with Crippen LogP contribution in [0.2, 0.25) is 0 Å². The highest BCUT2D eigenvalue weighted by Gasteiger charge is 2.25. The Morgan fingerprint density at radius 2 is 1.79 bits per heavy atom. The van der Waals surface area contributed by atoms with Gasteiger partial charge in [-0.2, -0.15) is 0 Å². The molecule has 0 aliphatic heterocycles. The van der Waals surface area contributed by atoms with Crippen LogP contribution in [-0.2, 0) is 14.8 Å². The smallest absolute Gasteiger partial charge is 0.512 e. The van der Waals surface area contributed by atoms with Gasteiger partial charge >= 0.3 is 13.3 Å². The molecule has 0 fully saturated rings. The van der Waals surface area contributed by atoms with Crippen LogP contribution >= 0.6 is 0 Å². The molecule has 0 atom stereocenters. The first-order valence-corrected chi connectivity index (χ1v) is 9.47. The first kappa shape index (κ1) is 22.4. The minimum Gasteiger partial charge on any atom is -0.512 e. The number of ether oxygens (including phenoxy) is 2. The molecule has 0 saturated carbocycles. The number of rotatable bonds is 8. The second kappa shape index (κ2) is 9.07. The van der Waals surface area contributed by atoms with Gasteiger partial charge in [-0.15, -0.1) is 0 Å².